The number of amides is 1. The van der Waals surface area contributed by atoms with Crippen molar-refractivity contribution in [3.8, 4) is 0 Å². The van der Waals surface area contributed by atoms with E-state index in [4.69, 9.17) is 4.42 Å². The molecule has 0 fully saturated rings. The van der Waals surface area contributed by atoms with Gasteiger partial charge in [0.15, 0.2) is 0 Å². The Bertz CT molecular complexity index is 744. The van der Waals surface area contributed by atoms with Crippen LogP contribution in [0.2, 0.25) is 0 Å². The molecule has 1 heterocycles. The summed E-state index contributed by atoms with van der Waals surface area (Å²) >= 11 is 3.51. The topological polar surface area (TPSA) is 79.5 Å². The van der Waals surface area contributed by atoms with Gasteiger partial charge in [-0.2, -0.15) is 25.8 Å². The Balaban J connectivity index is 2.18. The normalized spacial score (nSPS) is 14.3. The Labute approximate surface area is 140 Å². The summed E-state index contributed by atoms with van der Waals surface area (Å²) in [5.74, 6) is -5.76. The van der Waals surface area contributed by atoms with Crippen molar-refractivity contribution in [3.63, 3.8) is 0 Å². The van der Waals surface area contributed by atoms with Gasteiger partial charge in [-0.25, -0.2) is 4.79 Å². The van der Waals surface area contributed by atoms with Crippen LogP contribution in [0.25, 0.3) is 10.8 Å². The molecule has 2 N–H and O–H groups in total. The van der Waals surface area contributed by atoms with Crippen molar-refractivity contribution in [1.29, 1.82) is 0 Å². The maximum Gasteiger partial charge on any atom is 0.401 e. The molecule has 2 aromatic rings. The molecule has 0 spiro atoms. The van der Waals surface area contributed by atoms with Gasteiger partial charge in [-0.05, 0) is 0 Å². The van der Waals surface area contributed by atoms with Crippen LogP contribution in [0.4, 0.5) is 13.2 Å². The molecule has 1 aromatic heterocycles. The molecule has 5 nitrogen and oxygen atoms in total. The fourth-order valence-corrected chi connectivity index (χ4v) is 2.58. The van der Waals surface area contributed by atoms with Gasteiger partial charge in [-0.3, -0.25) is 4.79 Å². The van der Waals surface area contributed by atoms with Crippen LogP contribution < -0.4 is 5.32 Å². The highest BCUT2D eigenvalue weighted by atomic mass is 32.1. The molecule has 0 saturated heterocycles. The van der Waals surface area contributed by atoms with E-state index in [1.54, 1.807) is 24.3 Å². The van der Waals surface area contributed by atoms with Crippen LogP contribution in [0.1, 0.15) is 5.76 Å². The number of hydrogen-bond donors (Lipinski definition) is 3. The number of aliphatic carboxylic acids is 1. The Morgan fingerprint density at radius 3 is 2.54 bits per heavy atom. The predicted octanol–water partition coefficient (Wildman–Crippen LogP) is 2.65. The number of carboxylic acid groups (broad SMARTS) is 1. The van der Waals surface area contributed by atoms with Crippen LogP contribution >= 0.6 is 12.6 Å². The zero-order valence-electron chi connectivity index (χ0n) is 12.2. The van der Waals surface area contributed by atoms with Gasteiger partial charge in [0.25, 0.3) is 0 Å². The third-order valence-corrected chi connectivity index (χ3v) is 3.85. The van der Waals surface area contributed by atoms with Gasteiger partial charge in [0.1, 0.15) is 17.7 Å². The molecule has 130 valence electrons. The molecule has 2 atom stereocenters. The SMILES string of the molecule is O=C(O)[C@H](Cc1occ2ccccc12)NC(=O)[C@@H](CS)C(F)(F)F. The molecule has 9 heteroatoms. The summed E-state index contributed by atoms with van der Waals surface area (Å²) in [6, 6.07) is 5.38. The summed E-state index contributed by atoms with van der Waals surface area (Å²) in [6.07, 6.45) is -3.66. The summed E-state index contributed by atoms with van der Waals surface area (Å²) in [7, 11) is 0. The van der Waals surface area contributed by atoms with Crippen molar-refractivity contribution in [2.24, 2.45) is 5.92 Å². The third-order valence-electron chi connectivity index (χ3n) is 3.49. The highest BCUT2D eigenvalue weighted by molar-refractivity contribution is 7.80. The van der Waals surface area contributed by atoms with E-state index < -0.39 is 35.8 Å². The minimum atomic E-state index is -4.80. The van der Waals surface area contributed by atoms with E-state index in [9.17, 15) is 27.9 Å². The molecular weight excluding hydrogens is 347 g/mol. The van der Waals surface area contributed by atoms with E-state index in [-0.39, 0.29) is 12.2 Å². The first-order chi connectivity index (χ1) is 11.2. The van der Waals surface area contributed by atoms with Gasteiger partial charge < -0.3 is 14.8 Å². The predicted molar refractivity (Wildman–Crippen MR) is 82.9 cm³/mol. The van der Waals surface area contributed by atoms with Gasteiger partial charge >= 0.3 is 12.1 Å². The number of carbonyl (C=O) groups is 2. The van der Waals surface area contributed by atoms with Crippen LogP contribution in [0, 0.1) is 5.92 Å². The number of alkyl halides is 3. The van der Waals surface area contributed by atoms with Gasteiger partial charge in [0.2, 0.25) is 5.91 Å². The lowest BCUT2D eigenvalue weighted by molar-refractivity contribution is -0.178. The maximum atomic E-state index is 12.7. The molecule has 0 unspecified atom stereocenters. The fourth-order valence-electron chi connectivity index (χ4n) is 2.20. The number of carboxylic acids is 1. The summed E-state index contributed by atoms with van der Waals surface area (Å²) in [6.45, 7) is 0. The van der Waals surface area contributed by atoms with Gasteiger partial charge in [0.05, 0.1) is 6.26 Å². The first-order valence-electron chi connectivity index (χ1n) is 6.90. The molecule has 0 saturated carbocycles. The minimum absolute atomic E-state index is 0.271. The first kappa shape index (κ1) is 18.2. The van der Waals surface area contributed by atoms with Crippen LogP contribution in [0.15, 0.2) is 34.9 Å². The number of thiol groups is 1. The van der Waals surface area contributed by atoms with E-state index in [2.05, 4.69) is 12.6 Å². The number of carbonyl (C=O) groups excluding carboxylic acids is 1. The standard InChI is InChI=1S/C15H14F3NO4S/c16-15(17,18)10(7-24)13(20)19-11(14(21)22)5-12-9-4-2-1-3-8(9)6-23-12/h1-4,6,10-11,24H,5,7H2,(H,19,20)(H,21,22)/t10-,11+/m1/s1. The number of fused-ring (bicyclic) bond motifs is 1. The zero-order valence-corrected chi connectivity index (χ0v) is 13.1. The number of hydrogen-bond acceptors (Lipinski definition) is 4. The molecule has 0 aliphatic carbocycles. The first-order valence-corrected chi connectivity index (χ1v) is 7.53. The summed E-state index contributed by atoms with van der Waals surface area (Å²) in [5, 5.41) is 12.5. The lowest BCUT2D eigenvalue weighted by Gasteiger charge is -2.20. The van der Waals surface area contributed by atoms with Crippen LogP contribution in [-0.4, -0.2) is 35.0 Å². The van der Waals surface area contributed by atoms with Crippen molar-refractivity contribution in [2.75, 3.05) is 5.75 Å². The second-order valence-corrected chi connectivity index (χ2v) is 5.49. The molecule has 0 aliphatic rings. The average molecular weight is 361 g/mol. The number of benzene rings is 1. The Morgan fingerprint density at radius 2 is 1.96 bits per heavy atom. The molecule has 0 bridgehead atoms. The summed E-state index contributed by atoms with van der Waals surface area (Å²) in [5.41, 5.74) is 0. The largest absolute Gasteiger partial charge is 0.480 e. The second-order valence-electron chi connectivity index (χ2n) is 5.13. The molecule has 2 rings (SSSR count). The highest BCUT2D eigenvalue weighted by Gasteiger charge is 2.44. The van der Waals surface area contributed by atoms with E-state index >= 15 is 0 Å². The number of furan rings is 1. The molecule has 24 heavy (non-hydrogen) atoms. The molecular formula is C15H14F3NO4S. The van der Waals surface area contributed by atoms with Crippen molar-refractivity contribution in [2.45, 2.75) is 18.6 Å². The minimum Gasteiger partial charge on any atom is -0.480 e. The van der Waals surface area contributed by atoms with Crippen molar-refractivity contribution >= 4 is 35.3 Å². The average Bonchev–Trinajstić information content (AvgIpc) is 2.89. The second kappa shape index (κ2) is 7.16. The van der Waals surface area contributed by atoms with Crippen LogP contribution in [0.3, 0.4) is 0 Å². The molecule has 1 amide bonds. The lowest BCUT2D eigenvalue weighted by Crippen LogP contribution is -2.48. The fraction of sp³-hybridized carbons (Fsp3) is 0.333. The smallest absolute Gasteiger partial charge is 0.401 e. The summed E-state index contributed by atoms with van der Waals surface area (Å²) in [4.78, 5) is 23.1. The van der Waals surface area contributed by atoms with Crippen LogP contribution in [0.5, 0.6) is 0 Å². The zero-order chi connectivity index (χ0) is 17.9. The monoisotopic (exact) mass is 361 g/mol. The lowest BCUT2D eigenvalue weighted by atomic mass is 10.1. The van der Waals surface area contributed by atoms with Gasteiger partial charge in [-0.15, -0.1) is 0 Å². The van der Waals surface area contributed by atoms with Gasteiger partial charge in [0, 0.05) is 22.9 Å². The van der Waals surface area contributed by atoms with Crippen LogP contribution in [-0.2, 0) is 16.0 Å². The Hall–Kier alpha value is -2.16. The quantitative estimate of drug-likeness (QED) is 0.691. The number of rotatable bonds is 6. The van der Waals surface area contributed by atoms with Crippen molar-refractivity contribution in [1.82, 2.24) is 5.32 Å². The summed E-state index contributed by atoms with van der Waals surface area (Å²) < 4.78 is 43.5. The number of nitrogens with one attached hydrogen (secondary N) is 1. The van der Waals surface area contributed by atoms with E-state index in [0.29, 0.717) is 5.39 Å². The number of halogens is 3. The molecule has 0 aliphatic heterocycles. The van der Waals surface area contributed by atoms with E-state index in [1.165, 1.54) is 6.26 Å². The molecule has 0 radical (unpaired) electrons. The molecule has 1 aromatic carbocycles. The Kier molecular flexibility index (Phi) is 5.43. The third kappa shape index (κ3) is 4.02. The van der Waals surface area contributed by atoms with E-state index in [1.807, 2.05) is 5.32 Å². The highest BCUT2D eigenvalue weighted by Crippen LogP contribution is 2.28. The van der Waals surface area contributed by atoms with Crippen molar-refractivity contribution in [3.05, 3.63) is 36.3 Å². The Morgan fingerprint density at radius 1 is 1.29 bits per heavy atom. The van der Waals surface area contributed by atoms with Crippen molar-refractivity contribution < 1.29 is 32.3 Å². The maximum absolute atomic E-state index is 12.7. The van der Waals surface area contributed by atoms with Gasteiger partial charge in [-0.1, -0.05) is 24.3 Å². The van der Waals surface area contributed by atoms with E-state index in [0.717, 1.165) is 5.39 Å².